The first-order valence-corrected chi connectivity index (χ1v) is 12.2. The topological polar surface area (TPSA) is 64.8 Å². The van der Waals surface area contributed by atoms with Gasteiger partial charge in [0.15, 0.2) is 5.82 Å². The van der Waals surface area contributed by atoms with Crippen molar-refractivity contribution in [3.63, 3.8) is 0 Å². The number of carbonyl (C=O) groups excluding carboxylic acids is 1. The van der Waals surface area contributed by atoms with Gasteiger partial charge in [-0.25, -0.2) is 4.39 Å². The lowest BCUT2D eigenvalue weighted by Gasteiger charge is -2.34. The number of hydrogen-bond donors (Lipinski definition) is 1. The van der Waals surface area contributed by atoms with Gasteiger partial charge in [-0.1, -0.05) is 36.4 Å². The highest BCUT2D eigenvalue weighted by Crippen LogP contribution is 2.54. The summed E-state index contributed by atoms with van der Waals surface area (Å²) in [6, 6.07) is 19.0. The van der Waals surface area contributed by atoms with Crippen LogP contribution in [-0.4, -0.2) is 19.6 Å². The van der Waals surface area contributed by atoms with E-state index in [9.17, 15) is 4.79 Å². The molecular weight excluding hydrogens is 443 g/mol. The number of ether oxygens (including phenoxy) is 2. The van der Waals surface area contributed by atoms with E-state index in [2.05, 4.69) is 4.90 Å². The molecule has 1 saturated carbocycles. The summed E-state index contributed by atoms with van der Waals surface area (Å²) in [5.74, 6) is 0.440. The average molecular weight is 475 g/mol. The normalized spacial score (nSPS) is 16.2. The Morgan fingerprint density at radius 1 is 0.943 bits per heavy atom. The SMILES string of the molecule is NCc1cccc(-c2cc(COc3ccccc3COC=O)cc(N3CCC4(CC3)CC4)c2F)c1. The van der Waals surface area contributed by atoms with Gasteiger partial charge >= 0.3 is 0 Å². The van der Waals surface area contributed by atoms with Gasteiger partial charge in [0.1, 0.15) is 19.0 Å². The number of piperidine rings is 1. The first-order chi connectivity index (χ1) is 17.1. The smallest absolute Gasteiger partial charge is 0.293 e. The van der Waals surface area contributed by atoms with E-state index in [4.69, 9.17) is 15.2 Å². The van der Waals surface area contributed by atoms with Gasteiger partial charge in [-0.05, 0) is 72.1 Å². The van der Waals surface area contributed by atoms with Gasteiger partial charge < -0.3 is 20.1 Å². The van der Waals surface area contributed by atoms with Crippen LogP contribution in [0, 0.1) is 11.2 Å². The van der Waals surface area contributed by atoms with Crippen molar-refractivity contribution in [2.45, 2.75) is 45.4 Å². The van der Waals surface area contributed by atoms with Crippen LogP contribution in [-0.2, 0) is 29.3 Å². The van der Waals surface area contributed by atoms with Crippen LogP contribution in [0.3, 0.4) is 0 Å². The van der Waals surface area contributed by atoms with Crippen LogP contribution in [0.15, 0.2) is 60.7 Å². The van der Waals surface area contributed by atoms with Crippen LogP contribution >= 0.6 is 0 Å². The molecule has 0 aromatic heterocycles. The molecule has 0 unspecified atom stereocenters. The third kappa shape index (κ3) is 5.17. The lowest BCUT2D eigenvalue weighted by molar-refractivity contribution is -0.129. The molecule has 1 aliphatic heterocycles. The van der Waals surface area contributed by atoms with Crippen molar-refractivity contribution in [2.24, 2.45) is 11.1 Å². The minimum atomic E-state index is -0.200. The molecule has 5 nitrogen and oxygen atoms in total. The standard InChI is InChI=1S/C29H31FN2O3/c30-28-25(23-6-3-4-21(14-23)17-31)15-22(16-26(28)32-12-10-29(8-9-29)11-13-32)18-35-27-7-2-1-5-24(27)19-34-20-33/h1-7,14-16,20H,8-13,17-19,31H2. The minimum absolute atomic E-state index is 0.140. The first kappa shape index (κ1) is 23.4. The Morgan fingerprint density at radius 2 is 1.74 bits per heavy atom. The maximum absolute atomic E-state index is 16.0. The highest BCUT2D eigenvalue weighted by molar-refractivity contribution is 5.72. The van der Waals surface area contributed by atoms with Gasteiger partial charge in [-0.2, -0.15) is 0 Å². The predicted molar refractivity (Wildman–Crippen MR) is 134 cm³/mol. The molecule has 3 aromatic carbocycles. The number of halogens is 1. The Bertz CT molecular complexity index is 1200. The van der Waals surface area contributed by atoms with Crippen molar-refractivity contribution in [3.8, 4) is 16.9 Å². The van der Waals surface area contributed by atoms with Crippen LogP contribution in [0.2, 0.25) is 0 Å². The Labute approximate surface area is 205 Å². The molecule has 1 spiro atoms. The monoisotopic (exact) mass is 474 g/mol. The molecule has 2 fully saturated rings. The summed E-state index contributed by atoms with van der Waals surface area (Å²) in [4.78, 5) is 12.8. The summed E-state index contributed by atoms with van der Waals surface area (Å²) in [6.45, 7) is 2.98. The molecule has 35 heavy (non-hydrogen) atoms. The van der Waals surface area contributed by atoms with E-state index in [1.807, 2.05) is 60.7 Å². The summed E-state index contributed by atoms with van der Waals surface area (Å²) in [7, 11) is 0. The molecule has 1 saturated heterocycles. The zero-order chi connectivity index (χ0) is 24.3. The Hall–Kier alpha value is -3.38. The van der Waals surface area contributed by atoms with Gasteiger partial charge in [0.2, 0.25) is 0 Å². The lowest BCUT2D eigenvalue weighted by Crippen LogP contribution is -2.35. The predicted octanol–water partition coefficient (Wildman–Crippen LogP) is 5.58. The molecule has 0 radical (unpaired) electrons. The molecule has 6 heteroatoms. The van der Waals surface area contributed by atoms with Crippen molar-refractivity contribution >= 4 is 12.2 Å². The first-order valence-electron chi connectivity index (χ1n) is 12.2. The maximum atomic E-state index is 16.0. The van der Waals surface area contributed by atoms with Crippen molar-refractivity contribution < 1.29 is 18.7 Å². The van der Waals surface area contributed by atoms with Crippen LogP contribution in [0.1, 0.15) is 42.4 Å². The minimum Gasteiger partial charge on any atom is -0.488 e. The Balaban J connectivity index is 1.46. The molecule has 0 bridgehead atoms. The van der Waals surface area contributed by atoms with E-state index in [0.29, 0.717) is 35.4 Å². The summed E-state index contributed by atoms with van der Waals surface area (Å²) < 4.78 is 27.0. The van der Waals surface area contributed by atoms with E-state index in [-0.39, 0.29) is 19.0 Å². The molecule has 0 amide bonds. The highest BCUT2D eigenvalue weighted by atomic mass is 19.1. The van der Waals surface area contributed by atoms with Crippen molar-refractivity contribution in [1.82, 2.24) is 0 Å². The summed E-state index contributed by atoms with van der Waals surface area (Å²) in [5, 5.41) is 0. The lowest BCUT2D eigenvalue weighted by atomic mass is 9.92. The van der Waals surface area contributed by atoms with E-state index < -0.39 is 0 Å². The molecule has 5 rings (SSSR count). The number of nitrogens with two attached hydrogens (primary N) is 1. The molecule has 182 valence electrons. The zero-order valence-electron chi connectivity index (χ0n) is 19.8. The van der Waals surface area contributed by atoms with Crippen molar-refractivity contribution in [3.05, 3.63) is 83.2 Å². The van der Waals surface area contributed by atoms with Gasteiger partial charge in [0.25, 0.3) is 6.47 Å². The van der Waals surface area contributed by atoms with Gasteiger partial charge in [0, 0.05) is 30.8 Å². The number of para-hydroxylation sites is 1. The number of rotatable bonds is 9. The fourth-order valence-electron chi connectivity index (χ4n) is 5.00. The van der Waals surface area contributed by atoms with E-state index >= 15 is 4.39 Å². The van der Waals surface area contributed by atoms with E-state index in [1.54, 1.807) is 0 Å². The third-order valence-corrected chi connectivity index (χ3v) is 7.38. The van der Waals surface area contributed by atoms with Crippen molar-refractivity contribution in [1.29, 1.82) is 0 Å². The van der Waals surface area contributed by atoms with Crippen LogP contribution in [0.5, 0.6) is 5.75 Å². The quantitative estimate of drug-likeness (QED) is 0.410. The Kier molecular flexibility index (Phi) is 6.73. The molecule has 2 aliphatic rings. The average Bonchev–Trinajstić information content (AvgIpc) is 3.66. The second kappa shape index (κ2) is 10.1. The van der Waals surface area contributed by atoms with Gasteiger partial charge in [-0.15, -0.1) is 0 Å². The number of benzene rings is 3. The summed E-state index contributed by atoms with van der Waals surface area (Å²) in [6.07, 6.45) is 4.85. The second-order valence-electron chi connectivity index (χ2n) is 9.67. The fraction of sp³-hybridized carbons (Fsp3) is 0.345. The van der Waals surface area contributed by atoms with Crippen LogP contribution in [0.4, 0.5) is 10.1 Å². The number of carbonyl (C=O) groups is 1. The van der Waals surface area contributed by atoms with Crippen molar-refractivity contribution in [2.75, 3.05) is 18.0 Å². The maximum Gasteiger partial charge on any atom is 0.293 e. The fourth-order valence-corrected chi connectivity index (χ4v) is 5.00. The molecule has 1 aliphatic carbocycles. The van der Waals surface area contributed by atoms with E-state index in [0.717, 1.165) is 48.2 Å². The molecule has 1 heterocycles. The third-order valence-electron chi connectivity index (χ3n) is 7.38. The summed E-state index contributed by atoms with van der Waals surface area (Å²) >= 11 is 0. The van der Waals surface area contributed by atoms with E-state index in [1.165, 1.54) is 12.8 Å². The molecule has 3 aromatic rings. The second-order valence-corrected chi connectivity index (χ2v) is 9.67. The highest BCUT2D eigenvalue weighted by Gasteiger charge is 2.44. The molecular formula is C29H31FN2O3. The van der Waals surface area contributed by atoms with Crippen LogP contribution < -0.4 is 15.4 Å². The largest absolute Gasteiger partial charge is 0.488 e. The molecule has 2 N–H and O–H groups in total. The summed E-state index contributed by atoms with van der Waals surface area (Å²) in [5.41, 5.74) is 11.0. The van der Waals surface area contributed by atoms with Gasteiger partial charge in [0.05, 0.1) is 5.69 Å². The number of nitrogens with zero attached hydrogens (tertiary/aromatic N) is 1. The van der Waals surface area contributed by atoms with Crippen LogP contribution in [0.25, 0.3) is 11.1 Å². The number of anilines is 1. The molecule has 0 atom stereocenters. The zero-order valence-corrected chi connectivity index (χ0v) is 19.8. The van der Waals surface area contributed by atoms with Gasteiger partial charge in [-0.3, -0.25) is 4.79 Å². The number of hydrogen-bond acceptors (Lipinski definition) is 5. The Morgan fingerprint density at radius 3 is 2.49 bits per heavy atom.